The molecule has 1 heterocycles. The lowest BCUT2D eigenvalue weighted by molar-refractivity contribution is 0.155. The third kappa shape index (κ3) is 8.62. The quantitative estimate of drug-likeness (QED) is 0.540. The maximum Gasteiger partial charge on any atom is 0.411 e. The van der Waals surface area contributed by atoms with Gasteiger partial charge in [0.05, 0.1) is 19.1 Å². The molecule has 0 aliphatic carbocycles. The number of nitrogens with one attached hydrogen (secondary N) is 1. The minimum Gasteiger partial charge on any atom is -0.444 e. The van der Waals surface area contributed by atoms with Crippen LogP contribution in [-0.2, 0) is 29.0 Å². The van der Waals surface area contributed by atoms with Crippen molar-refractivity contribution in [3.63, 3.8) is 0 Å². The van der Waals surface area contributed by atoms with Crippen LogP contribution in [0.25, 0.3) is 0 Å². The Hall–Kier alpha value is -3.79. The van der Waals surface area contributed by atoms with Crippen molar-refractivity contribution < 1.29 is 14.3 Å². The number of imidazole rings is 1. The van der Waals surface area contributed by atoms with Gasteiger partial charge in [-0.1, -0.05) is 48.9 Å². The first-order valence-corrected chi connectivity index (χ1v) is 10.0. The molecule has 0 aliphatic heterocycles. The monoisotopic (exact) mass is 420 g/mol. The molecule has 0 atom stereocenters. The summed E-state index contributed by atoms with van der Waals surface area (Å²) < 4.78 is 11.2. The predicted octanol–water partition coefficient (Wildman–Crippen LogP) is 5.05. The largest absolute Gasteiger partial charge is 0.444 e. The molecule has 0 bridgehead atoms. The van der Waals surface area contributed by atoms with Gasteiger partial charge in [-0.05, 0) is 36.6 Å². The molecule has 0 unspecified atom stereocenters. The van der Waals surface area contributed by atoms with Gasteiger partial charge in [-0.15, -0.1) is 0 Å². The summed E-state index contributed by atoms with van der Waals surface area (Å²) in [5.74, 6) is 0. The van der Waals surface area contributed by atoms with Gasteiger partial charge in [-0.25, -0.2) is 9.78 Å². The highest BCUT2D eigenvalue weighted by atomic mass is 16.5. The SMILES string of the molecule is CCCn1cnc(Cc2ccc(COC(=O)Nc3ccc(C)cc3)cc2)c1.COC#N. The predicted molar refractivity (Wildman–Crippen MR) is 119 cm³/mol. The lowest BCUT2D eigenvalue weighted by Crippen LogP contribution is -2.13. The van der Waals surface area contributed by atoms with Gasteiger partial charge in [0, 0.05) is 24.8 Å². The fraction of sp³-hybridized carbons (Fsp3) is 0.292. The van der Waals surface area contributed by atoms with E-state index in [0.717, 1.165) is 41.9 Å². The van der Waals surface area contributed by atoms with Gasteiger partial charge >= 0.3 is 6.09 Å². The highest BCUT2D eigenvalue weighted by molar-refractivity contribution is 5.84. The van der Waals surface area contributed by atoms with E-state index in [0.29, 0.717) is 0 Å². The van der Waals surface area contributed by atoms with Crippen LogP contribution in [0.15, 0.2) is 61.1 Å². The first-order chi connectivity index (χ1) is 15.0. The summed E-state index contributed by atoms with van der Waals surface area (Å²) in [5.41, 5.74) is 5.07. The third-order valence-corrected chi connectivity index (χ3v) is 4.34. The number of carbonyl (C=O) groups excluding carboxylic acids is 1. The molecule has 0 spiro atoms. The van der Waals surface area contributed by atoms with Crippen molar-refractivity contribution in [3.05, 3.63) is 83.4 Å². The molecule has 3 rings (SSSR count). The number of rotatable bonds is 7. The number of hydrogen-bond donors (Lipinski definition) is 1. The van der Waals surface area contributed by atoms with E-state index in [1.54, 1.807) is 0 Å². The molecular formula is C24H28N4O3. The van der Waals surface area contributed by atoms with Crippen LogP contribution < -0.4 is 5.32 Å². The molecule has 1 N–H and O–H groups in total. The van der Waals surface area contributed by atoms with E-state index in [-0.39, 0.29) is 6.61 Å². The molecule has 7 heteroatoms. The second-order valence-corrected chi connectivity index (χ2v) is 6.96. The lowest BCUT2D eigenvalue weighted by Gasteiger charge is -2.08. The first kappa shape index (κ1) is 23.5. The number of aryl methyl sites for hydroxylation is 2. The number of methoxy groups -OCH3 is 1. The number of nitriles is 1. The number of benzene rings is 2. The van der Waals surface area contributed by atoms with E-state index in [1.807, 2.05) is 49.6 Å². The average molecular weight is 421 g/mol. The summed E-state index contributed by atoms with van der Waals surface area (Å²) in [6.07, 6.45) is 6.85. The van der Waals surface area contributed by atoms with Crippen molar-refractivity contribution in [3.8, 4) is 6.26 Å². The zero-order chi connectivity index (χ0) is 22.5. The number of carbonyl (C=O) groups is 1. The highest BCUT2D eigenvalue weighted by Gasteiger charge is 2.05. The number of aromatic nitrogens is 2. The van der Waals surface area contributed by atoms with Crippen molar-refractivity contribution >= 4 is 11.8 Å². The Kier molecular flexibility index (Phi) is 9.63. The molecule has 1 aromatic heterocycles. The van der Waals surface area contributed by atoms with Gasteiger partial charge in [0.1, 0.15) is 6.61 Å². The van der Waals surface area contributed by atoms with Crippen molar-refractivity contribution in [2.75, 3.05) is 12.4 Å². The molecule has 0 saturated carbocycles. The maximum absolute atomic E-state index is 11.9. The van der Waals surface area contributed by atoms with Crippen molar-refractivity contribution in [1.82, 2.24) is 9.55 Å². The Morgan fingerprint density at radius 2 is 1.77 bits per heavy atom. The minimum atomic E-state index is -0.454. The summed E-state index contributed by atoms with van der Waals surface area (Å²) in [6, 6.07) is 15.7. The Bertz CT molecular complexity index is 973. The topological polar surface area (TPSA) is 89.2 Å². The standard InChI is InChI=1S/C22H25N3O2.C2H3NO/c1-3-12-25-14-21(23-16-25)13-18-6-8-19(9-7-18)15-27-22(26)24-20-10-4-17(2)5-11-20;1-4-2-3/h4-11,14,16H,3,12-13,15H2,1-2H3,(H,24,26);1H3. The van der Waals surface area contributed by atoms with Crippen molar-refractivity contribution in [2.24, 2.45) is 0 Å². The van der Waals surface area contributed by atoms with Gasteiger partial charge in [0.15, 0.2) is 0 Å². The number of hydrogen-bond acceptors (Lipinski definition) is 5. The zero-order valence-electron chi connectivity index (χ0n) is 18.2. The van der Waals surface area contributed by atoms with Crippen LogP contribution in [-0.4, -0.2) is 22.8 Å². The molecule has 1 amide bonds. The van der Waals surface area contributed by atoms with Crippen LogP contribution in [0.3, 0.4) is 0 Å². The second kappa shape index (κ2) is 12.7. The zero-order valence-corrected chi connectivity index (χ0v) is 18.2. The van der Waals surface area contributed by atoms with E-state index >= 15 is 0 Å². The number of amides is 1. The molecule has 0 saturated heterocycles. The van der Waals surface area contributed by atoms with Crippen LogP contribution in [0.4, 0.5) is 10.5 Å². The molecular weight excluding hydrogens is 392 g/mol. The third-order valence-electron chi connectivity index (χ3n) is 4.34. The van der Waals surface area contributed by atoms with E-state index < -0.39 is 6.09 Å². The van der Waals surface area contributed by atoms with E-state index in [1.165, 1.54) is 18.9 Å². The molecule has 0 fully saturated rings. The highest BCUT2D eigenvalue weighted by Crippen LogP contribution is 2.12. The van der Waals surface area contributed by atoms with Gasteiger partial charge in [0.25, 0.3) is 6.26 Å². The van der Waals surface area contributed by atoms with Crippen LogP contribution in [0, 0.1) is 18.4 Å². The summed E-state index contributed by atoms with van der Waals surface area (Å²) in [7, 11) is 1.32. The van der Waals surface area contributed by atoms with E-state index in [4.69, 9.17) is 10.00 Å². The van der Waals surface area contributed by atoms with Gasteiger partial charge in [-0.3, -0.25) is 5.32 Å². The Morgan fingerprint density at radius 3 is 2.39 bits per heavy atom. The van der Waals surface area contributed by atoms with E-state index in [9.17, 15) is 4.79 Å². The fourth-order valence-electron chi connectivity index (χ4n) is 2.78. The summed E-state index contributed by atoms with van der Waals surface area (Å²) in [4.78, 5) is 16.3. The van der Waals surface area contributed by atoms with Crippen LogP contribution in [0.2, 0.25) is 0 Å². The maximum atomic E-state index is 11.9. The van der Waals surface area contributed by atoms with Crippen molar-refractivity contribution in [2.45, 2.75) is 39.8 Å². The Balaban J connectivity index is 0.000000785. The minimum absolute atomic E-state index is 0.239. The van der Waals surface area contributed by atoms with Gasteiger partial charge in [0.2, 0.25) is 0 Å². The Labute approximate surface area is 183 Å². The summed E-state index contributed by atoms with van der Waals surface area (Å²) >= 11 is 0. The summed E-state index contributed by atoms with van der Waals surface area (Å²) in [5, 5.41) is 10.1. The van der Waals surface area contributed by atoms with Crippen LogP contribution >= 0.6 is 0 Å². The second-order valence-electron chi connectivity index (χ2n) is 6.96. The van der Waals surface area contributed by atoms with Crippen LogP contribution in [0.1, 0.15) is 35.7 Å². The molecule has 2 aromatic carbocycles. The lowest BCUT2D eigenvalue weighted by atomic mass is 10.1. The average Bonchev–Trinajstić information content (AvgIpc) is 3.22. The smallest absolute Gasteiger partial charge is 0.411 e. The molecule has 31 heavy (non-hydrogen) atoms. The molecule has 162 valence electrons. The summed E-state index contributed by atoms with van der Waals surface area (Å²) in [6.45, 7) is 5.39. The van der Waals surface area contributed by atoms with Gasteiger partial charge < -0.3 is 14.0 Å². The van der Waals surface area contributed by atoms with E-state index in [2.05, 4.69) is 44.9 Å². The molecule has 0 radical (unpaired) electrons. The van der Waals surface area contributed by atoms with Crippen molar-refractivity contribution in [1.29, 1.82) is 5.26 Å². The Morgan fingerprint density at radius 1 is 1.13 bits per heavy atom. The number of ether oxygens (including phenoxy) is 2. The normalized spacial score (nSPS) is 9.74. The van der Waals surface area contributed by atoms with Crippen LogP contribution in [0.5, 0.6) is 0 Å². The molecule has 0 aliphatic rings. The molecule has 7 nitrogen and oxygen atoms in total. The first-order valence-electron chi connectivity index (χ1n) is 10.0. The molecule has 3 aromatic rings. The van der Waals surface area contributed by atoms with Gasteiger partial charge in [-0.2, -0.15) is 5.26 Å². The fourth-order valence-corrected chi connectivity index (χ4v) is 2.78. The number of nitrogens with zero attached hydrogens (tertiary/aromatic N) is 3. The number of anilines is 1.